The number of nitrogens with two attached hydrogens (primary N) is 1. The highest BCUT2D eigenvalue weighted by Crippen LogP contribution is 2.45. The molecule has 0 fully saturated rings. The summed E-state index contributed by atoms with van der Waals surface area (Å²) in [5, 5.41) is 13.0. The molecule has 5 amide bonds. The number of primary amides is 1. The molecule has 127 heavy (non-hydrogen) atoms. The fourth-order valence-corrected chi connectivity index (χ4v) is 20.5. The molecule has 0 radical (unpaired) electrons. The maximum atomic E-state index is 14.6. The second kappa shape index (κ2) is 46.3. The van der Waals surface area contributed by atoms with Crippen LogP contribution in [0.1, 0.15) is 113 Å². The summed E-state index contributed by atoms with van der Waals surface area (Å²) in [6, 6.07) is 95.9. The molecule has 1 aliphatic carbocycles. The van der Waals surface area contributed by atoms with Crippen molar-refractivity contribution in [3.05, 3.63) is 370 Å². The number of rotatable bonds is 47. The van der Waals surface area contributed by atoms with Gasteiger partial charge in [-0.1, -0.05) is 324 Å². The van der Waals surface area contributed by atoms with Crippen molar-refractivity contribution in [2.24, 2.45) is 11.1 Å². The fourth-order valence-electron chi connectivity index (χ4n) is 15.9. The zero-order valence-corrected chi connectivity index (χ0v) is 73.3. The Morgan fingerprint density at radius 2 is 0.795 bits per heavy atom. The molecule has 0 saturated carbocycles. The molecule has 0 spiro atoms. The third kappa shape index (κ3) is 26.3. The molecule has 0 aromatic heterocycles. The van der Waals surface area contributed by atoms with Gasteiger partial charge in [0, 0.05) is 45.1 Å². The van der Waals surface area contributed by atoms with Gasteiger partial charge in [0.05, 0.1) is 71.3 Å². The van der Waals surface area contributed by atoms with Crippen molar-refractivity contribution in [2.75, 3.05) is 72.6 Å². The number of carbonyl (C=O) groups excluding carboxylic acids is 8. The third-order valence-electron chi connectivity index (χ3n) is 22.4. The molecule has 6 N–H and O–H groups in total. The predicted octanol–water partition coefficient (Wildman–Crippen LogP) is 13.6. The third-order valence-corrected chi connectivity index (χ3v) is 27.4. The van der Waals surface area contributed by atoms with Crippen molar-refractivity contribution in [1.82, 2.24) is 21.3 Å². The van der Waals surface area contributed by atoms with Crippen LogP contribution in [0.3, 0.4) is 0 Å². The normalized spacial score (nSPS) is 12.8. The number of benzene rings is 11. The molecule has 1 unspecified atom stereocenters. The quantitative estimate of drug-likeness (QED) is 0.0102. The Morgan fingerprint density at radius 1 is 0.394 bits per heavy atom. The molecule has 0 heterocycles. The largest absolute Gasteiger partial charge is 0.465 e. The molecular weight excluding hydrogens is 1620 g/mol. The van der Waals surface area contributed by atoms with Crippen LogP contribution in [0.2, 0.25) is 5.04 Å². The van der Waals surface area contributed by atoms with Crippen LogP contribution in [-0.4, -0.2) is 141 Å². The van der Waals surface area contributed by atoms with Gasteiger partial charge >= 0.3 is 24.0 Å². The lowest BCUT2D eigenvalue weighted by atomic mass is 9.80. The maximum absolute atomic E-state index is 14.6. The van der Waals surface area contributed by atoms with E-state index in [2.05, 4.69) is 115 Å². The summed E-state index contributed by atoms with van der Waals surface area (Å²) < 4.78 is 56.7. The predicted molar refractivity (Wildman–Crippen MR) is 488 cm³/mol. The van der Waals surface area contributed by atoms with E-state index in [9.17, 15) is 38.4 Å². The number of fused-ring (bicyclic) bond motifs is 3. The van der Waals surface area contributed by atoms with Crippen molar-refractivity contribution in [3.8, 4) is 11.1 Å². The second-order valence-electron chi connectivity index (χ2n) is 32.7. The summed E-state index contributed by atoms with van der Waals surface area (Å²) in [6.45, 7) is 7.62. The van der Waals surface area contributed by atoms with Crippen molar-refractivity contribution < 1.29 is 80.7 Å². The number of amides is 5. The molecule has 0 bridgehead atoms. The van der Waals surface area contributed by atoms with Gasteiger partial charge < -0.3 is 69.3 Å². The van der Waals surface area contributed by atoms with E-state index in [0.29, 0.717) is 25.9 Å². The van der Waals surface area contributed by atoms with E-state index in [1.807, 2.05) is 231 Å². The SMILES string of the molecule is CC(=O)N[C@@H](Cc1ccccc1)C(=O)N[C@@H](COC(c1ccccc1)(c1ccccc1)c1ccccc1)C(=O)NCC(=O)OCCc1ccc(COCC(COCc2ccc(CCOC(=O)CNC(=O)OCC3c4ccccc4-c4ccccc43)cc2)(COCc2ccc(CCO[Si](c3ccccc3)(c3ccccc3)C(C)(C)C)cc2)COC(=O)CCC(N)=O)cc1. The van der Waals surface area contributed by atoms with Crippen LogP contribution in [0.15, 0.2) is 303 Å². The number of esters is 3. The topological polar surface area (TPSA) is 294 Å². The van der Waals surface area contributed by atoms with Gasteiger partial charge in [0.2, 0.25) is 23.6 Å². The van der Waals surface area contributed by atoms with Crippen LogP contribution < -0.4 is 37.4 Å². The van der Waals surface area contributed by atoms with E-state index in [1.54, 1.807) is 0 Å². The molecule has 1 aliphatic rings. The Labute approximate surface area is 743 Å². The van der Waals surface area contributed by atoms with E-state index >= 15 is 0 Å². The van der Waals surface area contributed by atoms with E-state index in [-0.39, 0.29) is 109 Å². The molecule has 22 nitrogen and oxygen atoms in total. The highest BCUT2D eigenvalue weighted by atomic mass is 28.4. The summed E-state index contributed by atoms with van der Waals surface area (Å²) >= 11 is 0. The summed E-state index contributed by atoms with van der Waals surface area (Å²) in [6.07, 6.45) is 0.322. The molecule has 12 rings (SSSR count). The van der Waals surface area contributed by atoms with Gasteiger partial charge in [0.25, 0.3) is 8.32 Å². The molecule has 11 aromatic rings. The zero-order valence-electron chi connectivity index (χ0n) is 72.3. The Bertz CT molecular complexity index is 5200. The second-order valence-corrected chi connectivity index (χ2v) is 37.1. The minimum Gasteiger partial charge on any atom is -0.465 e. The molecule has 23 heteroatoms. The number of nitrogens with one attached hydrogen (secondary N) is 4. The van der Waals surface area contributed by atoms with Crippen LogP contribution in [0.25, 0.3) is 11.1 Å². The standard InChI is InChI=1S/C104H111N5O17Si/c1-75(110)108-93(63-79-27-11-5-12-28-79)100(116)109-94(70-125-104(83-29-13-6-14-30-83,84-31-15-7-16-32-84)85-33-17-8-18-34-85)99(115)106-64-97(113)121-60-57-76-43-49-80(50-44-76)66-118-71-103(74-124-96(112)56-55-95(105)111,73-120-68-82-53-47-78(48-54-82)59-62-126-127(102(2,3)4,86-35-19-9-20-36-86)87-37-21-10-22-38-87)72-119-67-81-51-45-77(46-52-81)58-61-122-98(114)65-107-101(117)123-69-92-90-41-25-23-39-88(90)89-40-24-26-42-91(89)92/h5-54,92-94H,55-74H2,1-4H3,(H2,105,111)(H,106,115)(H,107,117)(H,108,110)(H,109,116)/t93-,94-,103?/m0/s1. The Morgan fingerprint density at radius 3 is 1.23 bits per heavy atom. The Balaban J connectivity index is 0.677. The molecule has 11 aromatic carbocycles. The first-order chi connectivity index (χ1) is 61.7. The van der Waals surface area contributed by atoms with Crippen LogP contribution in [0, 0.1) is 5.41 Å². The molecule has 0 aliphatic heterocycles. The first kappa shape index (κ1) is 93.2. The van der Waals surface area contributed by atoms with Gasteiger partial charge in [-0.15, -0.1) is 0 Å². The minimum atomic E-state index is -2.77. The average molecular weight is 1730 g/mol. The summed E-state index contributed by atoms with van der Waals surface area (Å²) in [5.74, 6) is -4.61. The van der Waals surface area contributed by atoms with E-state index in [0.717, 1.165) is 77.9 Å². The summed E-state index contributed by atoms with van der Waals surface area (Å²) in [4.78, 5) is 106. The lowest BCUT2D eigenvalue weighted by Gasteiger charge is -2.43. The first-order valence-corrected chi connectivity index (χ1v) is 44.8. The molecule has 0 saturated heterocycles. The van der Waals surface area contributed by atoms with Crippen LogP contribution in [0.5, 0.6) is 0 Å². The number of carbonyl (C=O) groups is 8. The average Bonchev–Trinajstić information content (AvgIpc) is 1.21. The zero-order chi connectivity index (χ0) is 89.3. The number of alkyl carbamates (subject to hydrolysis) is 1. The van der Waals surface area contributed by atoms with Crippen molar-refractivity contribution in [2.45, 2.75) is 115 Å². The van der Waals surface area contributed by atoms with Crippen molar-refractivity contribution >= 4 is 66.3 Å². The summed E-state index contributed by atoms with van der Waals surface area (Å²) in [5.41, 5.74) is 15.8. The number of ether oxygens (including phenoxy) is 8. The van der Waals surface area contributed by atoms with E-state index in [1.165, 1.54) is 17.3 Å². The highest BCUT2D eigenvalue weighted by Gasteiger charge is 2.50. The lowest BCUT2D eigenvalue weighted by molar-refractivity contribution is -0.158. The highest BCUT2D eigenvalue weighted by molar-refractivity contribution is 6.99. The lowest BCUT2D eigenvalue weighted by Crippen LogP contribution is -2.66. The Hall–Kier alpha value is -13.0. The van der Waals surface area contributed by atoms with Gasteiger partial charge in [-0.3, -0.25) is 33.6 Å². The molecule has 3 atom stereocenters. The maximum Gasteiger partial charge on any atom is 0.407 e. The van der Waals surface area contributed by atoms with Crippen molar-refractivity contribution in [3.63, 3.8) is 0 Å². The molecular formula is C104H111N5O17Si. The van der Waals surface area contributed by atoms with Gasteiger partial charge in [0.15, 0.2) is 0 Å². The summed E-state index contributed by atoms with van der Waals surface area (Å²) in [7, 11) is -2.77. The minimum absolute atomic E-state index is 0.00435. The van der Waals surface area contributed by atoms with Crippen molar-refractivity contribution in [1.29, 1.82) is 0 Å². The smallest absolute Gasteiger partial charge is 0.407 e. The van der Waals surface area contributed by atoms with Crippen LogP contribution in [0.4, 0.5) is 4.79 Å². The van der Waals surface area contributed by atoms with E-state index < -0.39 is 85.6 Å². The monoisotopic (exact) mass is 1730 g/mol. The van der Waals surface area contributed by atoms with Crippen LogP contribution >= 0.6 is 0 Å². The van der Waals surface area contributed by atoms with Gasteiger partial charge in [-0.05, 0) is 99.7 Å². The molecule has 658 valence electrons. The van der Waals surface area contributed by atoms with Gasteiger partial charge in [-0.25, -0.2) is 4.79 Å². The Kier molecular flexibility index (Phi) is 34.0. The number of hydrogen-bond acceptors (Lipinski definition) is 17. The van der Waals surface area contributed by atoms with Gasteiger partial charge in [-0.2, -0.15) is 0 Å². The van der Waals surface area contributed by atoms with Gasteiger partial charge in [0.1, 0.15) is 44.0 Å². The van der Waals surface area contributed by atoms with E-state index in [4.69, 9.17) is 48.1 Å². The fraction of sp³-hybridized carbons (Fsp3) is 0.288. The first-order valence-electron chi connectivity index (χ1n) is 42.9. The number of hydrogen-bond donors (Lipinski definition) is 5. The van der Waals surface area contributed by atoms with Crippen LogP contribution in [-0.2, 0) is 127 Å².